The van der Waals surface area contributed by atoms with E-state index in [2.05, 4.69) is 114 Å². The second kappa shape index (κ2) is 15.5. The Morgan fingerprint density at radius 2 is 1.43 bits per heavy atom. The SMILES string of the molecule is CCN(CC)CCCNCC(O)COc1c(C(C)(C)C)cc(/C=C/c2ccccc2)cc1C(C)(C)C.Cl. The van der Waals surface area contributed by atoms with Crippen molar-refractivity contribution in [2.75, 3.05) is 39.3 Å². The van der Waals surface area contributed by atoms with Crippen LogP contribution >= 0.6 is 12.4 Å². The Kier molecular flexibility index (Phi) is 13.9. The molecule has 0 saturated carbocycles. The Morgan fingerprint density at radius 1 is 0.892 bits per heavy atom. The number of hydrogen-bond acceptors (Lipinski definition) is 4. The van der Waals surface area contributed by atoms with Crippen LogP contribution in [-0.4, -0.2) is 55.4 Å². The smallest absolute Gasteiger partial charge is 0.126 e. The minimum absolute atomic E-state index is 0. The quantitative estimate of drug-likeness (QED) is 0.217. The highest BCUT2D eigenvalue weighted by Gasteiger charge is 2.28. The van der Waals surface area contributed by atoms with Gasteiger partial charge in [0.25, 0.3) is 0 Å². The zero-order valence-corrected chi connectivity index (χ0v) is 25.3. The number of ether oxygens (including phenoxy) is 1. The summed E-state index contributed by atoms with van der Waals surface area (Å²) in [5, 5.41) is 14.0. The lowest BCUT2D eigenvalue weighted by Crippen LogP contribution is -2.34. The van der Waals surface area contributed by atoms with Crippen LogP contribution in [0.25, 0.3) is 12.2 Å². The molecule has 2 N–H and O–H groups in total. The van der Waals surface area contributed by atoms with Crippen LogP contribution in [0.4, 0.5) is 0 Å². The van der Waals surface area contributed by atoms with Crippen molar-refractivity contribution in [2.24, 2.45) is 0 Å². The fourth-order valence-corrected chi connectivity index (χ4v) is 4.25. The third-order valence-corrected chi connectivity index (χ3v) is 6.52. The average Bonchev–Trinajstić information content (AvgIpc) is 2.83. The van der Waals surface area contributed by atoms with Crippen LogP contribution in [-0.2, 0) is 10.8 Å². The predicted octanol–water partition coefficient (Wildman–Crippen LogP) is 6.94. The first kappa shape index (κ1) is 33.2. The number of aliphatic hydroxyl groups is 1. The molecule has 2 aromatic rings. The highest BCUT2D eigenvalue weighted by atomic mass is 35.5. The van der Waals surface area contributed by atoms with Crippen LogP contribution < -0.4 is 10.1 Å². The first-order valence-corrected chi connectivity index (χ1v) is 13.6. The summed E-state index contributed by atoms with van der Waals surface area (Å²) >= 11 is 0. The molecule has 2 aromatic carbocycles. The molecule has 0 amide bonds. The monoisotopic (exact) mass is 530 g/mol. The number of rotatable bonds is 13. The zero-order valence-electron chi connectivity index (χ0n) is 24.4. The maximum Gasteiger partial charge on any atom is 0.126 e. The number of halogens is 1. The predicted molar refractivity (Wildman–Crippen MR) is 163 cm³/mol. The summed E-state index contributed by atoms with van der Waals surface area (Å²) in [6, 6.07) is 14.9. The number of nitrogens with one attached hydrogen (secondary N) is 1. The molecule has 0 spiro atoms. The van der Waals surface area contributed by atoms with E-state index in [4.69, 9.17) is 4.74 Å². The molecule has 0 aromatic heterocycles. The molecule has 0 heterocycles. The van der Waals surface area contributed by atoms with Gasteiger partial charge in [0.15, 0.2) is 0 Å². The van der Waals surface area contributed by atoms with Gasteiger partial charge in [-0.3, -0.25) is 0 Å². The van der Waals surface area contributed by atoms with Crippen molar-refractivity contribution in [1.29, 1.82) is 0 Å². The van der Waals surface area contributed by atoms with Crippen molar-refractivity contribution >= 4 is 24.6 Å². The van der Waals surface area contributed by atoms with E-state index in [-0.39, 0.29) is 29.8 Å². The van der Waals surface area contributed by atoms with E-state index in [9.17, 15) is 5.11 Å². The zero-order chi connectivity index (χ0) is 26.8. The van der Waals surface area contributed by atoms with E-state index in [0.717, 1.165) is 43.9 Å². The van der Waals surface area contributed by atoms with Gasteiger partial charge in [-0.15, -0.1) is 12.4 Å². The van der Waals surface area contributed by atoms with Crippen molar-refractivity contribution in [3.8, 4) is 5.75 Å². The average molecular weight is 531 g/mol. The normalized spacial score (nSPS) is 13.1. The van der Waals surface area contributed by atoms with Crippen molar-refractivity contribution in [2.45, 2.75) is 78.7 Å². The Labute approximate surface area is 232 Å². The molecule has 4 nitrogen and oxygen atoms in total. The van der Waals surface area contributed by atoms with Gasteiger partial charge in [-0.05, 0) is 66.7 Å². The Bertz CT molecular complexity index is 906. The Hall–Kier alpha value is -1.85. The highest BCUT2D eigenvalue weighted by molar-refractivity contribution is 5.85. The van der Waals surface area contributed by atoms with Crippen LogP contribution in [0.15, 0.2) is 42.5 Å². The molecule has 2 rings (SSSR count). The van der Waals surface area contributed by atoms with Gasteiger partial charge in [0.1, 0.15) is 18.5 Å². The molecule has 0 aliphatic carbocycles. The topological polar surface area (TPSA) is 44.7 Å². The molecule has 0 fully saturated rings. The van der Waals surface area contributed by atoms with Gasteiger partial charge in [-0.1, -0.05) is 97.9 Å². The standard InChI is InChI=1S/C32H50N2O2.ClH/c1-9-34(10-2)20-14-19-33-23-27(35)24-36-30-28(31(3,4)5)21-26(22-29(30)32(6,7)8)18-17-25-15-12-11-13-16-25;/h11-13,15-18,21-22,27,33,35H,9-10,14,19-20,23-24H2,1-8H3;1H/b18-17+;. The summed E-state index contributed by atoms with van der Waals surface area (Å²) in [7, 11) is 0. The maximum absolute atomic E-state index is 10.7. The van der Waals surface area contributed by atoms with Gasteiger partial charge >= 0.3 is 0 Å². The van der Waals surface area contributed by atoms with Crippen molar-refractivity contribution in [1.82, 2.24) is 10.2 Å². The number of benzene rings is 2. The second-order valence-electron chi connectivity index (χ2n) is 11.7. The first-order valence-electron chi connectivity index (χ1n) is 13.6. The lowest BCUT2D eigenvalue weighted by molar-refractivity contribution is 0.104. The lowest BCUT2D eigenvalue weighted by atomic mass is 9.78. The number of aliphatic hydroxyl groups excluding tert-OH is 1. The molecule has 37 heavy (non-hydrogen) atoms. The summed E-state index contributed by atoms with van der Waals surface area (Å²) in [4.78, 5) is 2.42. The first-order chi connectivity index (χ1) is 17.0. The van der Waals surface area contributed by atoms with Gasteiger partial charge in [0.05, 0.1) is 0 Å². The lowest BCUT2D eigenvalue weighted by Gasteiger charge is -2.31. The van der Waals surface area contributed by atoms with E-state index in [1.165, 1.54) is 16.7 Å². The van der Waals surface area contributed by atoms with Crippen LogP contribution in [0, 0.1) is 0 Å². The molecule has 208 valence electrons. The van der Waals surface area contributed by atoms with E-state index < -0.39 is 6.10 Å². The van der Waals surface area contributed by atoms with E-state index in [1.807, 2.05) is 6.07 Å². The second-order valence-corrected chi connectivity index (χ2v) is 11.7. The van der Waals surface area contributed by atoms with Gasteiger partial charge in [-0.2, -0.15) is 0 Å². The summed E-state index contributed by atoms with van der Waals surface area (Å²) in [6.45, 7) is 22.7. The van der Waals surface area contributed by atoms with Crippen LogP contribution in [0.3, 0.4) is 0 Å². The fourth-order valence-electron chi connectivity index (χ4n) is 4.25. The summed E-state index contributed by atoms with van der Waals surface area (Å²) in [6.07, 6.45) is 4.86. The van der Waals surface area contributed by atoms with Gasteiger partial charge in [-0.25, -0.2) is 0 Å². The van der Waals surface area contributed by atoms with Crippen molar-refractivity contribution in [3.63, 3.8) is 0 Å². The molecule has 1 atom stereocenters. The third kappa shape index (κ3) is 11.2. The largest absolute Gasteiger partial charge is 0.490 e. The third-order valence-electron chi connectivity index (χ3n) is 6.52. The molecular formula is C32H51ClN2O2. The number of hydrogen-bond donors (Lipinski definition) is 2. The molecular weight excluding hydrogens is 480 g/mol. The Balaban J connectivity index is 0.00000684. The van der Waals surface area contributed by atoms with E-state index >= 15 is 0 Å². The van der Waals surface area contributed by atoms with Crippen molar-refractivity contribution < 1.29 is 9.84 Å². The van der Waals surface area contributed by atoms with Gasteiger partial charge in [0.2, 0.25) is 0 Å². The fraction of sp³-hybridized carbons (Fsp3) is 0.562. The highest BCUT2D eigenvalue weighted by Crippen LogP contribution is 2.41. The Morgan fingerprint density at radius 3 is 1.95 bits per heavy atom. The van der Waals surface area contributed by atoms with Gasteiger partial charge < -0.3 is 20.1 Å². The van der Waals surface area contributed by atoms with E-state index in [1.54, 1.807) is 0 Å². The summed E-state index contributed by atoms with van der Waals surface area (Å²) < 4.78 is 6.41. The molecule has 0 bridgehead atoms. The molecule has 1 unspecified atom stereocenters. The molecule has 0 aliphatic rings. The van der Waals surface area contributed by atoms with Crippen LogP contribution in [0.2, 0.25) is 0 Å². The summed E-state index contributed by atoms with van der Waals surface area (Å²) in [5.41, 5.74) is 4.49. The van der Waals surface area contributed by atoms with Crippen LogP contribution in [0.5, 0.6) is 5.75 Å². The minimum Gasteiger partial charge on any atom is -0.490 e. The summed E-state index contributed by atoms with van der Waals surface area (Å²) in [5.74, 6) is 0.910. The van der Waals surface area contributed by atoms with Crippen molar-refractivity contribution in [3.05, 3.63) is 64.7 Å². The molecule has 0 saturated heterocycles. The van der Waals surface area contributed by atoms with E-state index in [0.29, 0.717) is 6.54 Å². The van der Waals surface area contributed by atoms with Crippen LogP contribution in [0.1, 0.15) is 84.1 Å². The van der Waals surface area contributed by atoms with Gasteiger partial charge in [0, 0.05) is 17.7 Å². The molecule has 0 radical (unpaired) electrons. The minimum atomic E-state index is -0.559. The number of nitrogens with zero attached hydrogens (tertiary/aromatic N) is 1. The molecule has 0 aliphatic heterocycles. The maximum atomic E-state index is 10.7. The molecule has 5 heteroatoms.